The number of nitrogens with zero attached hydrogens (tertiary/aromatic N) is 1. The van der Waals surface area contributed by atoms with E-state index in [0.29, 0.717) is 13.0 Å². The van der Waals surface area contributed by atoms with E-state index in [2.05, 4.69) is 58.9 Å². The SMILES string of the molecule is C[C@@H](c1ccc(B2OC(C)(C)C(C)(C)O2)cc1)N1CCC(c2ccccc2)[C@@H](CCO)OC1O. The minimum Gasteiger partial charge on any atom is -0.399 e. The van der Waals surface area contributed by atoms with Crippen LogP contribution in [0.3, 0.4) is 0 Å². The second kappa shape index (κ2) is 10.1. The van der Waals surface area contributed by atoms with Crippen LogP contribution in [-0.2, 0) is 14.0 Å². The van der Waals surface area contributed by atoms with Crippen molar-refractivity contribution in [1.82, 2.24) is 4.90 Å². The molecule has 2 unspecified atom stereocenters. The van der Waals surface area contributed by atoms with Crippen LogP contribution in [0.2, 0.25) is 0 Å². The standard InChI is InChI=1S/C27H38BNO5/c1-19(20-11-13-22(14-12-20)28-33-26(2,3)27(4,5)34-28)29-17-15-23(21-9-7-6-8-10-21)24(16-18-30)32-25(29)31/h6-14,19,23-25,30-31H,15-18H2,1-5H3/t19-,23?,24+,25?/m0/s1. The van der Waals surface area contributed by atoms with Gasteiger partial charge >= 0.3 is 7.12 Å². The molecule has 2 aliphatic rings. The maximum atomic E-state index is 11.0. The van der Waals surface area contributed by atoms with Crippen molar-refractivity contribution in [3.05, 3.63) is 65.7 Å². The van der Waals surface area contributed by atoms with Crippen LogP contribution in [0.15, 0.2) is 54.6 Å². The van der Waals surface area contributed by atoms with Gasteiger partial charge in [-0.05, 0) is 64.1 Å². The van der Waals surface area contributed by atoms with Crippen LogP contribution in [0.4, 0.5) is 0 Å². The Morgan fingerprint density at radius 1 is 1.00 bits per heavy atom. The molecule has 0 amide bonds. The Balaban J connectivity index is 1.49. The fraction of sp³-hybridized carbons (Fsp3) is 0.556. The summed E-state index contributed by atoms with van der Waals surface area (Å²) in [5, 5.41) is 20.6. The van der Waals surface area contributed by atoms with E-state index < -0.39 is 13.5 Å². The third kappa shape index (κ3) is 5.10. The molecule has 0 aliphatic carbocycles. The summed E-state index contributed by atoms with van der Waals surface area (Å²) < 4.78 is 18.5. The van der Waals surface area contributed by atoms with Gasteiger partial charge in [0.05, 0.1) is 17.3 Å². The van der Waals surface area contributed by atoms with Crippen LogP contribution in [0.5, 0.6) is 0 Å². The van der Waals surface area contributed by atoms with Gasteiger partial charge in [-0.3, -0.25) is 0 Å². The average molecular weight is 467 g/mol. The Labute approximate surface area is 204 Å². The highest BCUT2D eigenvalue weighted by Gasteiger charge is 2.51. The molecule has 34 heavy (non-hydrogen) atoms. The molecule has 0 spiro atoms. The molecule has 0 aromatic heterocycles. The van der Waals surface area contributed by atoms with E-state index in [9.17, 15) is 10.2 Å². The summed E-state index contributed by atoms with van der Waals surface area (Å²) in [5.74, 6) is 0.117. The van der Waals surface area contributed by atoms with Gasteiger partial charge in [0.15, 0.2) is 0 Å². The number of rotatable bonds is 6. The fourth-order valence-corrected chi connectivity index (χ4v) is 4.88. The molecule has 0 bridgehead atoms. The second-order valence-electron chi connectivity index (χ2n) is 10.5. The number of benzene rings is 2. The highest BCUT2D eigenvalue weighted by atomic mass is 16.7. The first-order chi connectivity index (χ1) is 16.1. The molecular weight excluding hydrogens is 429 g/mol. The summed E-state index contributed by atoms with van der Waals surface area (Å²) in [6.07, 6.45) is 0.0392. The van der Waals surface area contributed by atoms with E-state index in [-0.39, 0.29) is 35.9 Å². The Bertz CT molecular complexity index is 920. The van der Waals surface area contributed by atoms with Crippen molar-refractivity contribution in [3.63, 3.8) is 0 Å². The van der Waals surface area contributed by atoms with Gasteiger partial charge in [0.25, 0.3) is 0 Å². The number of hydrogen-bond donors (Lipinski definition) is 2. The third-order valence-electron chi connectivity index (χ3n) is 7.81. The normalized spacial score (nSPS) is 28.0. The topological polar surface area (TPSA) is 71.4 Å². The quantitative estimate of drug-likeness (QED) is 0.633. The molecule has 2 N–H and O–H groups in total. The predicted octanol–water partition coefficient (Wildman–Crippen LogP) is 3.58. The van der Waals surface area contributed by atoms with Gasteiger partial charge in [0.2, 0.25) is 6.41 Å². The number of aliphatic hydroxyl groups excluding tert-OH is 2. The van der Waals surface area contributed by atoms with Crippen molar-refractivity contribution in [2.75, 3.05) is 13.2 Å². The smallest absolute Gasteiger partial charge is 0.399 e. The maximum Gasteiger partial charge on any atom is 0.494 e. The molecule has 2 saturated heterocycles. The molecule has 0 saturated carbocycles. The molecular formula is C27H38BNO5. The molecule has 184 valence electrons. The monoisotopic (exact) mass is 467 g/mol. The van der Waals surface area contributed by atoms with Gasteiger partial charge in [-0.2, -0.15) is 0 Å². The molecule has 2 aromatic carbocycles. The highest BCUT2D eigenvalue weighted by Crippen LogP contribution is 2.37. The van der Waals surface area contributed by atoms with Crippen LogP contribution in [0.1, 0.15) is 70.5 Å². The number of hydrogen-bond acceptors (Lipinski definition) is 6. The van der Waals surface area contributed by atoms with E-state index in [1.54, 1.807) is 0 Å². The Hall–Kier alpha value is -1.74. The van der Waals surface area contributed by atoms with E-state index in [0.717, 1.165) is 17.4 Å². The van der Waals surface area contributed by atoms with Crippen molar-refractivity contribution in [2.24, 2.45) is 0 Å². The van der Waals surface area contributed by atoms with Crippen LogP contribution < -0.4 is 5.46 Å². The highest BCUT2D eigenvalue weighted by molar-refractivity contribution is 6.62. The molecule has 2 fully saturated rings. The lowest BCUT2D eigenvalue weighted by Gasteiger charge is -2.32. The molecule has 6 nitrogen and oxygen atoms in total. The van der Waals surface area contributed by atoms with E-state index in [1.807, 2.05) is 35.2 Å². The molecule has 0 radical (unpaired) electrons. The molecule has 2 heterocycles. The van der Waals surface area contributed by atoms with Gasteiger partial charge in [-0.25, -0.2) is 4.90 Å². The first-order valence-corrected chi connectivity index (χ1v) is 12.3. The molecule has 4 rings (SSSR count). The minimum atomic E-state index is -1.04. The molecule has 4 atom stereocenters. The summed E-state index contributed by atoms with van der Waals surface area (Å²) in [6.45, 7) is 11.0. The largest absolute Gasteiger partial charge is 0.494 e. The van der Waals surface area contributed by atoms with Crippen LogP contribution >= 0.6 is 0 Å². The maximum absolute atomic E-state index is 11.0. The van der Waals surface area contributed by atoms with Crippen LogP contribution in [0.25, 0.3) is 0 Å². The van der Waals surface area contributed by atoms with Crippen molar-refractivity contribution in [1.29, 1.82) is 0 Å². The van der Waals surface area contributed by atoms with Gasteiger partial charge in [-0.1, -0.05) is 54.6 Å². The van der Waals surface area contributed by atoms with Crippen LogP contribution in [-0.4, -0.2) is 59.1 Å². The summed E-state index contributed by atoms with van der Waals surface area (Å²) >= 11 is 0. The van der Waals surface area contributed by atoms with Gasteiger partial charge in [0.1, 0.15) is 0 Å². The van der Waals surface area contributed by atoms with Crippen molar-refractivity contribution in [2.45, 2.75) is 83.1 Å². The third-order valence-corrected chi connectivity index (χ3v) is 7.81. The van der Waals surface area contributed by atoms with Crippen LogP contribution in [0, 0.1) is 0 Å². The van der Waals surface area contributed by atoms with E-state index in [1.165, 1.54) is 5.56 Å². The molecule has 2 aliphatic heterocycles. The Morgan fingerprint density at radius 2 is 1.62 bits per heavy atom. The lowest BCUT2D eigenvalue weighted by molar-refractivity contribution is -0.221. The van der Waals surface area contributed by atoms with Crippen molar-refractivity contribution < 1.29 is 24.3 Å². The van der Waals surface area contributed by atoms with Gasteiger partial charge in [-0.15, -0.1) is 0 Å². The predicted molar refractivity (Wildman–Crippen MR) is 134 cm³/mol. The summed E-state index contributed by atoms with van der Waals surface area (Å²) in [6, 6.07) is 18.4. The number of ether oxygens (including phenoxy) is 1. The zero-order valence-electron chi connectivity index (χ0n) is 21.0. The first kappa shape index (κ1) is 25.4. The van der Waals surface area contributed by atoms with Crippen molar-refractivity contribution >= 4 is 12.6 Å². The van der Waals surface area contributed by atoms with E-state index >= 15 is 0 Å². The molecule has 7 heteroatoms. The zero-order valence-corrected chi connectivity index (χ0v) is 21.0. The Morgan fingerprint density at radius 3 is 2.21 bits per heavy atom. The fourth-order valence-electron chi connectivity index (χ4n) is 4.88. The number of aliphatic hydroxyl groups is 2. The summed E-state index contributed by atoms with van der Waals surface area (Å²) in [4.78, 5) is 1.98. The minimum absolute atomic E-state index is 0.0245. The van der Waals surface area contributed by atoms with Gasteiger partial charge < -0.3 is 24.3 Å². The molecule has 2 aromatic rings. The van der Waals surface area contributed by atoms with E-state index in [4.69, 9.17) is 14.0 Å². The summed E-state index contributed by atoms with van der Waals surface area (Å²) in [5.41, 5.74) is 2.48. The van der Waals surface area contributed by atoms with Crippen molar-refractivity contribution in [3.8, 4) is 0 Å². The first-order valence-electron chi connectivity index (χ1n) is 12.3. The lowest BCUT2D eigenvalue weighted by atomic mass is 9.78. The summed E-state index contributed by atoms with van der Waals surface area (Å²) in [7, 11) is -0.396. The lowest BCUT2D eigenvalue weighted by Crippen LogP contribution is -2.41. The zero-order chi connectivity index (χ0) is 24.5. The average Bonchev–Trinajstić information content (AvgIpc) is 2.92. The van der Waals surface area contributed by atoms with Gasteiger partial charge in [0, 0.05) is 25.1 Å². The Kier molecular flexibility index (Phi) is 7.53. The second-order valence-corrected chi connectivity index (χ2v) is 10.5.